The van der Waals surface area contributed by atoms with Gasteiger partial charge in [0.1, 0.15) is 15.8 Å². The molecular weight excluding hydrogens is 347 g/mol. The molecule has 1 aromatic carbocycles. The van der Waals surface area contributed by atoms with Crippen LogP contribution >= 0.6 is 11.3 Å². The van der Waals surface area contributed by atoms with Crippen molar-refractivity contribution in [2.24, 2.45) is 0 Å². The summed E-state index contributed by atoms with van der Waals surface area (Å²) in [4.78, 5) is 21.3. The minimum Gasteiger partial charge on any atom is -0.507 e. The van der Waals surface area contributed by atoms with Gasteiger partial charge in [0.05, 0.1) is 4.90 Å². The topological polar surface area (TPSA) is 109 Å². The Morgan fingerprint density at radius 1 is 1.13 bits per heavy atom. The number of carbonyl (C=O) groups is 2. The number of aliphatic hydroxyl groups excluding tert-OH is 1. The van der Waals surface area contributed by atoms with Gasteiger partial charge in [-0.2, -0.15) is 0 Å². The Bertz CT molecular complexity index is 894. The van der Waals surface area contributed by atoms with E-state index in [1.165, 1.54) is 5.38 Å². The number of aliphatic hydroxyl groups is 1. The van der Waals surface area contributed by atoms with Gasteiger partial charge in [-0.15, -0.1) is 11.3 Å². The largest absolute Gasteiger partial charge is 0.507 e. The van der Waals surface area contributed by atoms with E-state index in [0.717, 1.165) is 41.7 Å². The second kappa shape index (κ2) is 6.31. The van der Waals surface area contributed by atoms with E-state index in [-0.39, 0.29) is 14.7 Å². The summed E-state index contributed by atoms with van der Waals surface area (Å²) in [6.07, 6.45) is 0.485. The molecule has 2 rings (SSSR count). The van der Waals surface area contributed by atoms with Gasteiger partial charge >= 0.3 is 5.97 Å². The molecule has 2 N–H and O–H groups in total. The highest BCUT2D eigenvalue weighted by molar-refractivity contribution is 7.93. The van der Waals surface area contributed by atoms with Crippen molar-refractivity contribution in [3.63, 3.8) is 0 Å². The molecule has 0 atom stereocenters. The van der Waals surface area contributed by atoms with E-state index < -0.39 is 33.2 Å². The van der Waals surface area contributed by atoms with E-state index in [0.29, 0.717) is 6.08 Å². The fourth-order valence-electron chi connectivity index (χ4n) is 1.59. The summed E-state index contributed by atoms with van der Waals surface area (Å²) in [6.45, 7) is 0. The zero-order valence-electron chi connectivity index (χ0n) is 11.3. The smallest absolute Gasteiger partial charge is 0.376 e. The molecule has 1 heterocycles. The molecule has 0 bridgehead atoms. The highest BCUT2D eigenvalue weighted by atomic mass is 32.2. The van der Waals surface area contributed by atoms with E-state index in [2.05, 4.69) is 0 Å². The highest BCUT2D eigenvalue weighted by Gasteiger charge is 2.21. The van der Waals surface area contributed by atoms with Crippen LogP contribution in [-0.2, 0) is 19.4 Å². The lowest BCUT2D eigenvalue weighted by atomic mass is 10.2. The third kappa shape index (κ3) is 3.63. The number of rotatable bonds is 5. The minimum atomic E-state index is -3.90. The second-order valence-electron chi connectivity index (χ2n) is 4.31. The monoisotopic (exact) mass is 356 g/mol. The number of thiophene rings is 1. The maximum atomic E-state index is 12.9. The molecule has 0 fully saturated rings. The summed E-state index contributed by atoms with van der Waals surface area (Å²) in [6, 6.07) is 5.32. The normalized spacial score (nSPS) is 12.1. The Morgan fingerprint density at radius 2 is 1.74 bits per heavy atom. The van der Waals surface area contributed by atoms with Crippen LogP contribution in [0.5, 0.6) is 0 Å². The van der Waals surface area contributed by atoms with Crippen molar-refractivity contribution in [3.05, 3.63) is 53.2 Å². The number of sulfone groups is 1. The van der Waals surface area contributed by atoms with Crippen LogP contribution in [-0.4, -0.2) is 30.4 Å². The molecule has 0 aliphatic heterocycles. The molecule has 0 unspecified atom stereocenters. The summed E-state index contributed by atoms with van der Waals surface area (Å²) in [5, 5.41) is 19.4. The Hall–Kier alpha value is -2.52. The van der Waals surface area contributed by atoms with Crippen molar-refractivity contribution in [1.29, 1.82) is 0 Å². The van der Waals surface area contributed by atoms with Crippen LogP contribution in [0.3, 0.4) is 0 Å². The number of hydrogen-bond donors (Lipinski definition) is 2. The predicted molar refractivity (Wildman–Crippen MR) is 79.4 cm³/mol. The second-order valence-corrected chi connectivity index (χ2v) is 7.40. The third-order valence-corrected chi connectivity index (χ3v) is 5.95. The molecule has 6 nitrogen and oxygen atoms in total. The first kappa shape index (κ1) is 16.8. The summed E-state index contributed by atoms with van der Waals surface area (Å²) < 4.78 is 37.4. The number of aliphatic carboxylic acids is 1. The maximum Gasteiger partial charge on any atom is 0.376 e. The lowest BCUT2D eigenvalue weighted by molar-refractivity contribution is -0.146. The zero-order valence-corrected chi connectivity index (χ0v) is 12.9. The Kier molecular flexibility index (Phi) is 4.62. The van der Waals surface area contributed by atoms with Gasteiger partial charge in [-0.1, -0.05) is 0 Å². The maximum absolute atomic E-state index is 12.9. The number of benzene rings is 1. The predicted octanol–water partition coefficient (Wildman–Crippen LogP) is 2.27. The minimum absolute atomic E-state index is 0.00899. The molecule has 0 amide bonds. The first-order valence-electron chi connectivity index (χ1n) is 5.99. The van der Waals surface area contributed by atoms with Crippen LogP contribution in [0.1, 0.15) is 5.56 Å². The van der Waals surface area contributed by atoms with Crippen LogP contribution in [0.25, 0.3) is 5.76 Å². The van der Waals surface area contributed by atoms with Gasteiger partial charge in [-0.05, 0) is 30.3 Å². The van der Waals surface area contributed by atoms with Crippen LogP contribution in [0.4, 0.5) is 4.39 Å². The van der Waals surface area contributed by atoms with Gasteiger partial charge in [0.25, 0.3) is 5.78 Å². The Balaban J connectivity index is 2.37. The SMILES string of the molecule is O=C(O)C(=O)C=C(O)c1csc(S(=O)(=O)c2ccc(F)cc2)c1. The molecule has 23 heavy (non-hydrogen) atoms. The third-order valence-electron chi connectivity index (χ3n) is 2.74. The summed E-state index contributed by atoms with van der Waals surface area (Å²) >= 11 is 0.778. The highest BCUT2D eigenvalue weighted by Crippen LogP contribution is 2.29. The number of ketones is 1. The van der Waals surface area contributed by atoms with Gasteiger partial charge in [0.2, 0.25) is 9.84 Å². The molecule has 2 aromatic rings. The summed E-state index contributed by atoms with van der Waals surface area (Å²) in [5.74, 6) is -4.32. The number of carbonyl (C=O) groups excluding carboxylic acids is 1. The Morgan fingerprint density at radius 3 is 2.30 bits per heavy atom. The van der Waals surface area contributed by atoms with Gasteiger partial charge < -0.3 is 10.2 Å². The zero-order chi connectivity index (χ0) is 17.2. The van der Waals surface area contributed by atoms with Crippen LogP contribution in [0.15, 0.2) is 50.9 Å². The first-order valence-corrected chi connectivity index (χ1v) is 8.35. The van der Waals surface area contributed by atoms with Crippen LogP contribution in [0.2, 0.25) is 0 Å². The van der Waals surface area contributed by atoms with Crippen LogP contribution in [0, 0.1) is 5.82 Å². The summed E-state index contributed by atoms with van der Waals surface area (Å²) in [5.41, 5.74) is -0.00899. The average Bonchev–Trinajstić information content (AvgIpc) is 2.98. The lowest BCUT2D eigenvalue weighted by Gasteiger charge is -2.01. The lowest BCUT2D eigenvalue weighted by Crippen LogP contribution is -2.09. The first-order chi connectivity index (χ1) is 10.7. The summed E-state index contributed by atoms with van der Waals surface area (Å²) in [7, 11) is -3.90. The molecular formula is C14H9FO6S2. The van der Waals surface area contributed by atoms with Crippen molar-refractivity contribution in [1.82, 2.24) is 0 Å². The van der Waals surface area contributed by atoms with Gasteiger partial charge in [0, 0.05) is 17.0 Å². The van der Waals surface area contributed by atoms with Crippen molar-refractivity contribution >= 4 is 38.7 Å². The molecule has 9 heteroatoms. The van der Waals surface area contributed by atoms with Crippen LogP contribution < -0.4 is 0 Å². The molecule has 0 saturated carbocycles. The van der Waals surface area contributed by atoms with E-state index in [4.69, 9.17) is 5.11 Å². The molecule has 0 aliphatic carbocycles. The van der Waals surface area contributed by atoms with Gasteiger partial charge in [0.15, 0.2) is 0 Å². The van der Waals surface area contributed by atoms with Crippen molar-refractivity contribution in [2.45, 2.75) is 9.10 Å². The number of carboxylic acid groups (broad SMARTS) is 1. The van der Waals surface area contributed by atoms with Crippen molar-refractivity contribution in [3.8, 4) is 0 Å². The standard InChI is InChI=1S/C14H9FO6S2/c15-9-1-3-10(4-2-9)23(20,21)13-5-8(7-22-13)11(16)6-12(17)14(18)19/h1-7,16H,(H,18,19). The molecule has 0 radical (unpaired) electrons. The number of carboxylic acids is 1. The number of hydrogen-bond acceptors (Lipinski definition) is 6. The molecule has 120 valence electrons. The fourth-order valence-corrected chi connectivity index (χ4v) is 4.17. The Labute approximate surface area is 134 Å². The molecule has 0 spiro atoms. The quantitative estimate of drug-likeness (QED) is 0.368. The molecule has 1 aromatic heterocycles. The molecule has 0 saturated heterocycles. The van der Waals surface area contributed by atoms with Gasteiger partial charge in [-0.3, -0.25) is 4.79 Å². The van der Waals surface area contributed by atoms with Gasteiger partial charge in [-0.25, -0.2) is 17.6 Å². The van der Waals surface area contributed by atoms with Crippen molar-refractivity contribution < 1.29 is 32.6 Å². The number of halogens is 1. The van der Waals surface area contributed by atoms with E-state index in [1.807, 2.05) is 0 Å². The fraction of sp³-hybridized carbons (Fsp3) is 0. The van der Waals surface area contributed by atoms with E-state index >= 15 is 0 Å². The van der Waals surface area contributed by atoms with E-state index in [9.17, 15) is 27.5 Å². The molecule has 0 aliphatic rings. The van der Waals surface area contributed by atoms with Crippen molar-refractivity contribution in [2.75, 3.05) is 0 Å². The average molecular weight is 356 g/mol. The van der Waals surface area contributed by atoms with E-state index in [1.54, 1.807) is 0 Å².